The van der Waals surface area contributed by atoms with E-state index in [1.807, 2.05) is 33.2 Å². The van der Waals surface area contributed by atoms with Gasteiger partial charge in [-0.1, -0.05) is 17.4 Å². The number of nitrogens with zero attached hydrogens (tertiary/aromatic N) is 4. The zero-order valence-corrected chi connectivity index (χ0v) is 20.5. The normalized spacial score (nSPS) is 13.6. The summed E-state index contributed by atoms with van der Waals surface area (Å²) in [6.45, 7) is 3.43. The highest BCUT2D eigenvalue weighted by atomic mass is 35.5. The quantitative estimate of drug-likeness (QED) is 0.466. The fourth-order valence-corrected chi connectivity index (χ4v) is 4.83. The van der Waals surface area contributed by atoms with Gasteiger partial charge in [0, 0.05) is 24.9 Å². The molecule has 0 atom stereocenters. The van der Waals surface area contributed by atoms with Gasteiger partial charge in [0.25, 0.3) is 5.91 Å². The van der Waals surface area contributed by atoms with Crippen molar-refractivity contribution in [1.29, 1.82) is 0 Å². The van der Waals surface area contributed by atoms with Gasteiger partial charge in [-0.05, 0) is 75.9 Å². The number of carbonyl (C=O) groups excluding carboxylic acids is 3. The number of rotatable bonds is 7. The fourth-order valence-electron chi connectivity index (χ4n) is 3.74. The van der Waals surface area contributed by atoms with E-state index in [4.69, 9.17) is 4.98 Å². The zero-order chi connectivity index (χ0) is 22.8. The van der Waals surface area contributed by atoms with E-state index in [1.165, 1.54) is 16.2 Å². The molecule has 0 unspecified atom stereocenters. The average molecular weight is 487 g/mol. The summed E-state index contributed by atoms with van der Waals surface area (Å²) in [6, 6.07) is 12.7. The summed E-state index contributed by atoms with van der Waals surface area (Å²) in [6.07, 6.45) is 1.27. The van der Waals surface area contributed by atoms with Crippen LogP contribution in [0.25, 0.3) is 10.2 Å². The van der Waals surface area contributed by atoms with Crippen LogP contribution in [-0.2, 0) is 9.59 Å². The molecule has 0 aliphatic carbocycles. The molecule has 0 N–H and O–H groups in total. The lowest BCUT2D eigenvalue weighted by molar-refractivity contribution is -0.121. The third kappa shape index (κ3) is 5.40. The van der Waals surface area contributed by atoms with Crippen molar-refractivity contribution < 1.29 is 14.4 Å². The Labute approximate surface area is 203 Å². The van der Waals surface area contributed by atoms with Crippen molar-refractivity contribution >= 4 is 62.5 Å². The summed E-state index contributed by atoms with van der Waals surface area (Å²) in [5.74, 6) is -0.557. The standard InChI is InChI=1S/C24H26N4O3S.ClH/c1-16-5-10-19-20(15-16)32-24(25-19)27(14-4-13-26(2)3)23(31)17-6-8-18(9-7-17)28-21(29)11-12-22(28)30;/h5-10,15H,4,11-14H2,1-3H3;1H. The number of thiazole rings is 1. The lowest BCUT2D eigenvalue weighted by atomic mass is 10.1. The number of anilines is 2. The van der Waals surface area contributed by atoms with Gasteiger partial charge < -0.3 is 4.90 Å². The Morgan fingerprint density at radius 1 is 1.03 bits per heavy atom. The van der Waals surface area contributed by atoms with Crippen LogP contribution >= 0.6 is 23.7 Å². The van der Waals surface area contributed by atoms with Crippen molar-refractivity contribution in [1.82, 2.24) is 9.88 Å². The first-order valence-electron chi connectivity index (χ1n) is 10.6. The first-order chi connectivity index (χ1) is 15.3. The van der Waals surface area contributed by atoms with E-state index in [2.05, 4.69) is 11.0 Å². The predicted molar refractivity (Wildman–Crippen MR) is 135 cm³/mol. The van der Waals surface area contributed by atoms with Gasteiger partial charge in [0.05, 0.1) is 15.9 Å². The number of aromatic nitrogens is 1. The van der Waals surface area contributed by atoms with Gasteiger partial charge >= 0.3 is 0 Å². The molecule has 0 radical (unpaired) electrons. The number of benzene rings is 2. The van der Waals surface area contributed by atoms with Gasteiger partial charge in [-0.15, -0.1) is 12.4 Å². The van der Waals surface area contributed by atoms with Crippen LogP contribution in [0.2, 0.25) is 0 Å². The highest BCUT2D eigenvalue weighted by molar-refractivity contribution is 7.22. The van der Waals surface area contributed by atoms with Crippen LogP contribution in [0.3, 0.4) is 0 Å². The Bertz CT molecular complexity index is 1160. The molecule has 174 valence electrons. The largest absolute Gasteiger partial charge is 0.309 e. The van der Waals surface area contributed by atoms with Crippen molar-refractivity contribution in [2.45, 2.75) is 26.2 Å². The maximum absolute atomic E-state index is 13.5. The van der Waals surface area contributed by atoms with Crippen molar-refractivity contribution in [3.63, 3.8) is 0 Å². The SMILES string of the molecule is Cc1ccc2nc(N(CCCN(C)C)C(=O)c3ccc(N4C(=O)CCC4=O)cc3)sc2c1.Cl. The Morgan fingerprint density at radius 2 is 1.70 bits per heavy atom. The van der Waals surface area contributed by atoms with E-state index >= 15 is 0 Å². The van der Waals surface area contributed by atoms with E-state index in [0.717, 1.165) is 28.7 Å². The van der Waals surface area contributed by atoms with Gasteiger partial charge in [0.15, 0.2) is 5.13 Å². The molecular weight excluding hydrogens is 460 g/mol. The number of aryl methyl sites for hydroxylation is 1. The Hall–Kier alpha value is -2.81. The zero-order valence-electron chi connectivity index (χ0n) is 18.9. The number of fused-ring (bicyclic) bond motifs is 1. The van der Waals surface area contributed by atoms with Crippen LogP contribution < -0.4 is 9.80 Å². The van der Waals surface area contributed by atoms with E-state index in [-0.39, 0.29) is 43.0 Å². The number of carbonyl (C=O) groups is 3. The van der Waals surface area contributed by atoms with Gasteiger partial charge in [-0.3, -0.25) is 24.2 Å². The first-order valence-corrected chi connectivity index (χ1v) is 11.4. The molecule has 1 aromatic heterocycles. The van der Waals surface area contributed by atoms with E-state index < -0.39 is 0 Å². The highest BCUT2D eigenvalue weighted by Gasteiger charge is 2.30. The lowest BCUT2D eigenvalue weighted by Crippen LogP contribution is -2.33. The fraction of sp³-hybridized carbons (Fsp3) is 0.333. The Balaban J connectivity index is 0.00000306. The van der Waals surface area contributed by atoms with E-state index in [1.54, 1.807) is 29.2 Å². The van der Waals surface area contributed by atoms with Crippen molar-refractivity contribution in [2.24, 2.45) is 0 Å². The molecule has 1 aliphatic heterocycles. The molecule has 4 rings (SSSR count). The molecule has 2 aromatic carbocycles. The second kappa shape index (κ2) is 10.4. The summed E-state index contributed by atoms with van der Waals surface area (Å²) in [7, 11) is 4.01. The molecule has 3 aromatic rings. The maximum Gasteiger partial charge on any atom is 0.260 e. The Kier molecular flexibility index (Phi) is 7.84. The monoisotopic (exact) mass is 486 g/mol. The van der Waals surface area contributed by atoms with Gasteiger partial charge in [-0.25, -0.2) is 4.98 Å². The first kappa shape index (κ1) is 24.8. The van der Waals surface area contributed by atoms with Crippen LogP contribution in [0.5, 0.6) is 0 Å². The summed E-state index contributed by atoms with van der Waals surface area (Å²) in [5.41, 5.74) is 3.03. The van der Waals surface area contributed by atoms with E-state index in [9.17, 15) is 14.4 Å². The number of hydrogen-bond acceptors (Lipinski definition) is 6. The predicted octanol–water partition coefficient (Wildman–Crippen LogP) is 4.28. The van der Waals surface area contributed by atoms with Crippen LogP contribution in [0.1, 0.15) is 35.2 Å². The molecular formula is C24H27ClN4O3S. The minimum atomic E-state index is -0.204. The smallest absolute Gasteiger partial charge is 0.260 e. The van der Waals surface area contributed by atoms with Gasteiger partial charge in [-0.2, -0.15) is 0 Å². The molecule has 3 amide bonds. The van der Waals surface area contributed by atoms with Crippen molar-refractivity contribution in [2.75, 3.05) is 37.0 Å². The summed E-state index contributed by atoms with van der Waals surface area (Å²) < 4.78 is 1.05. The lowest BCUT2D eigenvalue weighted by Gasteiger charge is -2.21. The third-order valence-electron chi connectivity index (χ3n) is 5.42. The minimum Gasteiger partial charge on any atom is -0.309 e. The van der Waals surface area contributed by atoms with Crippen LogP contribution in [-0.4, -0.2) is 54.8 Å². The van der Waals surface area contributed by atoms with Crippen LogP contribution in [0, 0.1) is 6.92 Å². The molecule has 0 bridgehead atoms. The highest BCUT2D eigenvalue weighted by Crippen LogP contribution is 2.31. The van der Waals surface area contributed by atoms with Crippen molar-refractivity contribution in [3.05, 3.63) is 53.6 Å². The molecule has 0 spiro atoms. The molecule has 33 heavy (non-hydrogen) atoms. The molecule has 0 saturated carbocycles. The molecule has 9 heteroatoms. The summed E-state index contributed by atoms with van der Waals surface area (Å²) in [5, 5.41) is 0.670. The number of imide groups is 1. The summed E-state index contributed by atoms with van der Waals surface area (Å²) in [4.78, 5) is 47.2. The van der Waals surface area contributed by atoms with Gasteiger partial charge in [0.2, 0.25) is 11.8 Å². The van der Waals surface area contributed by atoms with Crippen molar-refractivity contribution in [3.8, 4) is 0 Å². The molecule has 1 fully saturated rings. The number of amides is 3. The Morgan fingerprint density at radius 3 is 2.33 bits per heavy atom. The molecule has 1 aliphatic rings. The van der Waals surface area contributed by atoms with Gasteiger partial charge in [0.1, 0.15) is 0 Å². The molecule has 7 nitrogen and oxygen atoms in total. The number of halogens is 1. The average Bonchev–Trinajstić information content (AvgIpc) is 3.32. The minimum absolute atomic E-state index is 0. The van der Waals surface area contributed by atoms with E-state index in [0.29, 0.717) is 22.9 Å². The maximum atomic E-state index is 13.5. The summed E-state index contributed by atoms with van der Waals surface area (Å²) >= 11 is 1.51. The third-order valence-corrected chi connectivity index (χ3v) is 6.46. The second-order valence-corrected chi connectivity index (χ2v) is 9.26. The molecule has 1 saturated heterocycles. The van der Waals surface area contributed by atoms with Crippen LogP contribution in [0.4, 0.5) is 10.8 Å². The van der Waals surface area contributed by atoms with Crippen LogP contribution in [0.15, 0.2) is 42.5 Å². The second-order valence-electron chi connectivity index (χ2n) is 8.25. The molecule has 2 heterocycles. The number of hydrogen-bond donors (Lipinski definition) is 0. The topological polar surface area (TPSA) is 73.8 Å².